The minimum Gasteiger partial charge on any atom is -0.399 e. The molecule has 1 aromatic heterocycles. The van der Waals surface area contributed by atoms with Gasteiger partial charge in [-0.25, -0.2) is 4.98 Å². The average Bonchev–Trinajstić information content (AvgIpc) is 2.70. The fourth-order valence-corrected chi connectivity index (χ4v) is 2.51. The molecule has 100 valence electrons. The Balaban J connectivity index is 1.91. The summed E-state index contributed by atoms with van der Waals surface area (Å²) in [5, 5.41) is 4.57. The molecule has 1 aliphatic rings. The molecule has 0 spiro atoms. The van der Waals surface area contributed by atoms with E-state index in [1.165, 1.54) is 0 Å². The molecule has 2 aromatic rings. The van der Waals surface area contributed by atoms with Gasteiger partial charge in [0.2, 0.25) is 0 Å². The Labute approximate surface area is 113 Å². The highest BCUT2D eigenvalue weighted by molar-refractivity contribution is 5.83. The summed E-state index contributed by atoms with van der Waals surface area (Å²) in [6, 6.07) is 9.81. The van der Waals surface area contributed by atoms with Crippen molar-refractivity contribution in [2.24, 2.45) is 0 Å². The van der Waals surface area contributed by atoms with Gasteiger partial charge in [0, 0.05) is 17.7 Å². The Bertz CT molecular complexity index is 613. The van der Waals surface area contributed by atoms with Gasteiger partial charge in [-0.2, -0.15) is 0 Å². The standard InChI is InChI=1S/C15H19N3O/c1-10-15(2,7-8-19-10)18-14-6-3-11-9-12(16)4-5-13(11)17-14/h3-6,9-10H,7-8,16H2,1-2H3,(H,17,18). The Morgan fingerprint density at radius 1 is 1.37 bits per heavy atom. The third-order valence-corrected chi connectivity index (χ3v) is 4.01. The van der Waals surface area contributed by atoms with Gasteiger partial charge in [-0.3, -0.25) is 0 Å². The number of nitrogens with one attached hydrogen (secondary N) is 1. The van der Waals surface area contributed by atoms with Gasteiger partial charge in [-0.15, -0.1) is 0 Å². The minimum absolute atomic E-state index is 0.0471. The zero-order valence-electron chi connectivity index (χ0n) is 11.3. The molecule has 2 heterocycles. The molecular formula is C15H19N3O. The lowest BCUT2D eigenvalue weighted by Gasteiger charge is -2.29. The van der Waals surface area contributed by atoms with Crippen LogP contribution in [0.15, 0.2) is 30.3 Å². The number of aromatic nitrogens is 1. The first-order valence-corrected chi connectivity index (χ1v) is 6.63. The summed E-state index contributed by atoms with van der Waals surface area (Å²) in [6.07, 6.45) is 1.19. The summed E-state index contributed by atoms with van der Waals surface area (Å²) >= 11 is 0. The number of rotatable bonds is 2. The Morgan fingerprint density at radius 3 is 2.95 bits per heavy atom. The van der Waals surface area contributed by atoms with Gasteiger partial charge in [0.15, 0.2) is 0 Å². The predicted octanol–water partition coefficient (Wildman–Crippen LogP) is 2.80. The third-order valence-electron chi connectivity index (χ3n) is 4.01. The molecule has 0 saturated carbocycles. The second-order valence-corrected chi connectivity index (χ2v) is 5.45. The molecule has 2 unspecified atom stereocenters. The van der Waals surface area contributed by atoms with Gasteiger partial charge in [0.25, 0.3) is 0 Å². The molecule has 4 heteroatoms. The minimum atomic E-state index is -0.0471. The average molecular weight is 257 g/mol. The van der Waals surface area contributed by atoms with Crippen LogP contribution < -0.4 is 11.1 Å². The van der Waals surface area contributed by atoms with E-state index in [1.807, 2.05) is 30.3 Å². The molecule has 1 saturated heterocycles. The van der Waals surface area contributed by atoms with E-state index in [0.717, 1.165) is 35.4 Å². The normalized spacial score (nSPS) is 26.7. The fourth-order valence-electron chi connectivity index (χ4n) is 2.51. The van der Waals surface area contributed by atoms with E-state index >= 15 is 0 Å². The lowest BCUT2D eigenvalue weighted by molar-refractivity contribution is 0.105. The number of pyridine rings is 1. The first kappa shape index (κ1) is 12.2. The number of anilines is 2. The van der Waals surface area contributed by atoms with Crippen molar-refractivity contribution in [3.8, 4) is 0 Å². The van der Waals surface area contributed by atoms with Crippen molar-refractivity contribution < 1.29 is 4.74 Å². The van der Waals surface area contributed by atoms with Crippen molar-refractivity contribution >= 4 is 22.4 Å². The maximum atomic E-state index is 5.77. The smallest absolute Gasteiger partial charge is 0.127 e. The lowest BCUT2D eigenvalue weighted by Crippen LogP contribution is -2.41. The molecule has 1 aromatic carbocycles. The number of fused-ring (bicyclic) bond motifs is 1. The molecule has 1 aliphatic heterocycles. The number of ether oxygens (including phenoxy) is 1. The van der Waals surface area contributed by atoms with Crippen LogP contribution >= 0.6 is 0 Å². The molecular weight excluding hydrogens is 238 g/mol. The highest BCUT2D eigenvalue weighted by Gasteiger charge is 2.37. The van der Waals surface area contributed by atoms with E-state index in [4.69, 9.17) is 10.5 Å². The molecule has 0 aliphatic carbocycles. The molecule has 19 heavy (non-hydrogen) atoms. The second kappa shape index (κ2) is 4.38. The number of nitrogens with zero attached hydrogens (tertiary/aromatic N) is 1. The van der Waals surface area contributed by atoms with E-state index < -0.39 is 0 Å². The SMILES string of the molecule is CC1OCCC1(C)Nc1ccc2cc(N)ccc2n1. The second-order valence-electron chi connectivity index (χ2n) is 5.45. The number of nitrogen functional groups attached to an aromatic ring is 1. The molecule has 4 nitrogen and oxygen atoms in total. The van der Waals surface area contributed by atoms with Gasteiger partial charge >= 0.3 is 0 Å². The Kier molecular flexibility index (Phi) is 2.82. The number of nitrogens with two attached hydrogens (primary N) is 1. The molecule has 3 N–H and O–H groups in total. The summed E-state index contributed by atoms with van der Waals surface area (Å²) < 4.78 is 5.64. The van der Waals surface area contributed by atoms with E-state index in [-0.39, 0.29) is 11.6 Å². The van der Waals surface area contributed by atoms with Crippen molar-refractivity contribution in [2.75, 3.05) is 17.7 Å². The van der Waals surface area contributed by atoms with Crippen molar-refractivity contribution in [1.82, 2.24) is 4.98 Å². The van der Waals surface area contributed by atoms with Crippen molar-refractivity contribution in [2.45, 2.75) is 31.9 Å². The van der Waals surface area contributed by atoms with Crippen LogP contribution in [0.1, 0.15) is 20.3 Å². The third kappa shape index (κ3) is 2.24. The topological polar surface area (TPSA) is 60.2 Å². The quantitative estimate of drug-likeness (QED) is 0.812. The van der Waals surface area contributed by atoms with Gasteiger partial charge in [0.05, 0.1) is 17.2 Å². The summed E-state index contributed by atoms with van der Waals surface area (Å²) in [5.74, 6) is 0.886. The molecule has 0 amide bonds. The zero-order chi connectivity index (χ0) is 13.5. The Hall–Kier alpha value is -1.81. The summed E-state index contributed by atoms with van der Waals surface area (Å²) in [4.78, 5) is 4.64. The summed E-state index contributed by atoms with van der Waals surface area (Å²) in [7, 11) is 0. The van der Waals surface area contributed by atoms with E-state index in [1.54, 1.807) is 0 Å². The predicted molar refractivity (Wildman–Crippen MR) is 78.2 cm³/mol. The summed E-state index contributed by atoms with van der Waals surface area (Å²) in [6.45, 7) is 5.08. The van der Waals surface area contributed by atoms with E-state index in [9.17, 15) is 0 Å². The lowest BCUT2D eigenvalue weighted by atomic mass is 9.95. The van der Waals surface area contributed by atoms with Crippen molar-refractivity contribution in [3.05, 3.63) is 30.3 Å². The fraction of sp³-hybridized carbons (Fsp3) is 0.400. The highest BCUT2D eigenvalue weighted by atomic mass is 16.5. The molecule has 1 fully saturated rings. The molecule has 3 rings (SSSR count). The number of hydrogen-bond acceptors (Lipinski definition) is 4. The maximum Gasteiger partial charge on any atom is 0.127 e. The van der Waals surface area contributed by atoms with Crippen LogP contribution in [0.2, 0.25) is 0 Å². The Morgan fingerprint density at radius 2 is 2.21 bits per heavy atom. The van der Waals surface area contributed by atoms with Crippen molar-refractivity contribution in [1.29, 1.82) is 0 Å². The van der Waals surface area contributed by atoms with E-state index in [2.05, 4.69) is 24.1 Å². The maximum absolute atomic E-state index is 5.77. The van der Waals surface area contributed by atoms with Gasteiger partial charge in [-0.1, -0.05) is 0 Å². The number of benzene rings is 1. The van der Waals surface area contributed by atoms with Crippen molar-refractivity contribution in [3.63, 3.8) is 0 Å². The van der Waals surface area contributed by atoms with Gasteiger partial charge < -0.3 is 15.8 Å². The van der Waals surface area contributed by atoms with Gasteiger partial charge in [-0.05, 0) is 50.6 Å². The largest absolute Gasteiger partial charge is 0.399 e. The molecule has 0 radical (unpaired) electrons. The first-order chi connectivity index (χ1) is 9.07. The monoisotopic (exact) mass is 257 g/mol. The zero-order valence-corrected chi connectivity index (χ0v) is 11.3. The first-order valence-electron chi connectivity index (χ1n) is 6.63. The highest BCUT2D eigenvalue weighted by Crippen LogP contribution is 2.29. The number of hydrogen-bond donors (Lipinski definition) is 2. The van der Waals surface area contributed by atoms with E-state index in [0.29, 0.717) is 0 Å². The van der Waals surface area contributed by atoms with Crippen LogP contribution in [0, 0.1) is 0 Å². The van der Waals surface area contributed by atoms with Crippen LogP contribution in [0.25, 0.3) is 10.9 Å². The van der Waals surface area contributed by atoms with Crippen LogP contribution in [0.4, 0.5) is 11.5 Å². The van der Waals surface area contributed by atoms with Gasteiger partial charge in [0.1, 0.15) is 5.82 Å². The molecule has 2 atom stereocenters. The molecule has 0 bridgehead atoms. The van der Waals surface area contributed by atoms with Crippen LogP contribution in [0.3, 0.4) is 0 Å². The van der Waals surface area contributed by atoms with Crippen LogP contribution in [-0.4, -0.2) is 23.2 Å². The van der Waals surface area contributed by atoms with Crippen LogP contribution in [0.5, 0.6) is 0 Å². The van der Waals surface area contributed by atoms with Crippen LogP contribution in [-0.2, 0) is 4.74 Å². The summed E-state index contributed by atoms with van der Waals surface area (Å²) in [5.41, 5.74) is 7.44.